The summed E-state index contributed by atoms with van der Waals surface area (Å²) in [4.78, 5) is 0. The van der Waals surface area contributed by atoms with E-state index in [9.17, 15) is 0 Å². The number of rotatable bonds is 3. The molecule has 2 N–H and O–H groups in total. The molecule has 1 unspecified atom stereocenters. The summed E-state index contributed by atoms with van der Waals surface area (Å²) in [5, 5.41) is 0. The normalized spacial score (nSPS) is 13.7. The van der Waals surface area contributed by atoms with Gasteiger partial charge in [-0.15, -0.1) is 0 Å². The Morgan fingerprint density at radius 1 is 1.27 bits per heavy atom. The number of hydrogen-bond acceptors (Lipinski definition) is 2. The van der Waals surface area contributed by atoms with Crippen LogP contribution in [-0.4, -0.2) is 13.2 Å². The van der Waals surface area contributed by atoms with Gasteiger partial charge in [-0.25, -0.2) is 0 Å². The predicted octanol–water partition coefficient (Wildman–Crippen LogP) is 2.61. The van der Waals surface area contributed by atoms with E-state index in [4.69, 9.17) is 10.5 Å². The third-order valence-electron chi connectivity index (χ3n) is 2.74. The predicted molar refractivity (Wildman–Crippen MR) is 64.1 cm³/mol. The summed E-state index contributed by atoms with van der Waals surface area (Å²) in [5.41, 5.74) is 7.46. The molecule has 84 valence electrons. The van der Waals surface area contributed by atoms with Gasteiger partial charge in [0.15, 0.2) is 0 Å². The van der Waals surface area contributed by atoms with Crippen molar-refractivity contribution in [2.24, 2.45) is 11.1 Å². The first kappa shape index (κ1) is 12.1. The van der Waals surface area contributed by atoms with E-state index in [0.29, 0.717) is 0 Å². The third kappa shape index (κ3) is 3.24. The van der Waals surface area contributed by atoms with Crippen molar-refractivity contribution in [1.29, 1.82) is 0 Å². The molecule has 1 atom stereocenters. The molecule has 0 aromatic heterocycles. The fourth-order valence-electron chi connectivity index (χ4n) is 1.41. The van der Waals surface area contributed by atoms with Crippen LogP contribution in [0.4, 0.5) is 0 Å². The lowest BCUT2D eigenvalue weighted by molar-refractivity contribution is 0.314. The molecule has 0 bridgehead atoms. The molecule has 1 aromatic carbocycles. The molecule has 1 aromatic rings. The van der Waals surface area contributed by atoms with Gasteiger partial charge in [-0.2, -0.15) is 0 Å². The van der Waals surface area contributed by atoms with Crippen molar-refractivity contribution >= 4 is 0 Å². The maximum atomic E-state index is 6.15. The van der Waals surface area contributed by atoms with Gasteiger partial charge in [-0.05, 0) is 23.5 Å². The Morgan fingerprint density at radius 3 is 2.40 bits per heavy atom. The smallest absolute Gasteiger partial charge is 0.122 e. The highest BCUT2D eigenvalue weighted by Crippen LogP contribution is 2.25. The molecule has 0 saturated heterocycles. The van der Waals surface area contributed by atoms with Crippen molar-refractivity contribution in [1.82, 2.24) is 0 Å². The number of para-hydroxylation sites is 1. The van der Waals surface area contributed by atoms with E-state index in [-0.39, 0.29) is 11.5 Å². The van der Waals surface area contributed by atoms with Crippen molar-refractivity contribution in [2.45, 2.75) is 33.2 Å². The van der Waals surface area contributed by atoms with Gasteiger partial charge in [0, 0.05) is 6.04 Å². The standard InChI is InChI=1S/C13H21NO/c1-13(2,3)12(14)9-10-7-5-6-8-11(10)15-4/h5-8,12H,9,14H2,1-4H3. The van der Waals surface area contributed by atoms with Crippen LogP contribution < -0.4 is 10.5 Å². The minimum atomic E-state index is 0.126. The molecule has 0 amide bonds. The summed E-state index contributed by atoms with van der Waals surface area (Å²) in [6.45, 7) is 6.48. The molecule has 0 fully saturated rings. The van der Waals surface area contributed by atoms with Crippen molar-refractivity contribution in [3.8, 4) is 5.75 Å². The molecule has 1 rings (SSSR count). The summed E-state index contributed by atoms with van der Waals surface area (Å²) in [5.74, 6) is 0.928. The van der Waals surface area contributed by atoms with Gasteiger partial charge < -0.3 is 10.5 Å². The van der Waals surface area contributed by atoms with Crippen molar-refractivity contribution in [2.75, 3.05) is 7.11 Å². The highest BCUT2D eigenvalue weighted by Gasteiger charge is 2.21. The first-order valence-electron chi connectivity index (χ1n) is 5.32. The summed E-state index contributed by atoms with van der Waals surface area (Å²) < 4.78 is 5.30. The second-order valence-electron chi connectivity index (χ2n) is 4.99. The molecule has 0 aliphatic rings. The van der Waals surface area contributed by atoms with Gasteiger partial charge in [0.1, 0.15) is 5.75 Å². The summed E-state index contributed by atoms with van der Waals surface area (Å²) >= 11 is 0. The lowest BCUT2D eigenvalue weighted by Gasteiger charge is -2.27. The Hall–Kier alpha value is -1.02. The summed E-state index contributed by atoms with van der Waals surface area (Å²) in [7, 11) is 1.70. The monoisotopic (exact) mass is 207 g/mol. The summed E-state index contributed by atoms with van der Waals surface area (Å²) in [6.07, 6.45) is 0.855. The highest BCUT2D eigenvalue weighted by atomic mass is 16.5. The zero-order valence-corrected chi connectivity index (χ0v) is 10.1. The van der Waals surface area contributed by atoms with Crippen molar-refractivity contribution in [3.63, 3.8) is 0 Å². The van der Waals surface area contributed by atoms with Gasteiger partial charge in [0.2, 0.25) is 0 Å². The maximum absolute atomic E-state index is 6.15. The quantitative estimate of drug-likeness (QED) is 0.827. The Balaban J connectivity index is 2.80. The molecular weight excluding hydrogens is 186 g/mol. The van der Waals surface area contributed by atoms with Crippen LogP contribution in [0.3, 0.4) is 0 Å². The van der Waals surface area contributed by atoms with E-state index < -0.39 is 0 Å². The van der Waals surface area contributed by atoms with E-state index in [1.54, 1.807) is 7.11 Å². The fraction of sp³-hybridized carbons (Fsp3) is 0.538. The third-order valence-corrected chi connectivity index (χ3v) is 2.74. The van der Waals surface area contributed by atoms with Gasteiger partial charge >= 0.3 is 0 Å². The van der Waals surface area contributed by atoms with Gasteiger partial charge in [0.05, 0.1) is 7.11 Å². The van der Waals surface area contributed by atoms with Crippen LogP contribution >= 0.6 is 0 Å². The minimum Gasteiger partial charge on any atom is -0.496 e. The zero-order chi connectivity index (χ0) is 11.5. The molecule has 2 heteroatoms. The highest BCUT2D eigenvalue weighted by molar-refractivity contribution is 5.34. The van der Waals surface area contributed by atoms with Gasteiger partial charge in [-0.1, -0.05) is 39.0 Å². The van der Waals surface area contributed by atoms with Crippen LogP contribution in [0.15, 0.2) is 24.3 Å². The Kier molecular flexibility index (Phi) is 3.75. The van der Waals surface area contributed by atoms with Crippen molar-refractivity contribution in [3.05, 3.63) is 29.8 Å². The number of nitrogens with two attached hydrogens (primary N) is 1. The molecule has 0 saturated carbocycles. The molecule has 15 heavy (non-hydrogen) atoms. The SMILES string of the molecule is COc1ccccc1CC(N)C(C)(C)C. The first-order valence-corrected chi connectivity index (χ1v) is 5.32. The molecular formula is C13H21NO. The maximum Gasteiger partial charge on any atom is 0.122 e. The Labute approximate surface area is 92.4 Å². The number of benzene rings is 1. The van der Waals surface area contributed by atoms with E-state index in [0.717, 1.165) is 12.2 Å². The average Bonchev–Trinajstić information content (AvgIpc) is 2.17. The van der Waals surface area contributed by atoms with Crippen LogP contribution in [0.1, 0.15) is 26.3 Å². The topological polar surface area (TPSA) is 35.2 Å². The van der Waals surface area contributed by atoms with E-state index in [1.165, 1.54) is 5.56 Å². The molecule has 0 heterocycles. The first-order chi connectivity index (χ1) is 6.95. The van der Waals surface area contributed by atoms with E-state index in [1.807, 2.05) is 18.2 Å². The minimum absolute atomic E-state index is 0.126. The molecule has 0 spiro atoms. The van der Waals surface area contributed by atoms with Gasteiger partial charge in [-0.3, -0.25) is 0 Å². The van der Waals surface area contributed by atoms with Crippen LogP contribution in [0.25, 0.3) is 0 Å². The van der Waals surface area contributed by atoms with E-state index in [2.05, 4.69) is 26.8 Å². The molecule has 0 aliphatic heterocycles. The van der Waals surface area contributed by atoms with Crippen LogP contribution in [0.5, 0.6) is 5.75 Å². The Morgan fingerprint density at radius 2 is 1.87 bits per heavy atom. The van der Waals surface area contributed by atoms with Crippen LogP contribution in [-0.2, 0) is 6.42 Å². The average molecular weight is 207 g/mol. The van der Waals surface area contributed by atoms with E-state index >= 15 is 0 Å². The number of ether oxygens (including phenoxy) is 1. The second-order valence-corrected chi connectivity index (χ2v) is 4.99. The molecule has 2 nitrogen and oxygen atoms in total. The lowest BCUT2D eigenvalue weighted by atomic mass is 9.83. The largest absolute Gasteiger partial charge is 0.496 e. The second kappa shape index (κ2) is 4.67. The summed E-state index contributed by atoms with van der Waals surface area (Å²) in [6, 6.07) is 8.20. The zero-order valence-electron chi connectivity index (χ0n) is 10.1. The van der Waals surface area contributed by atoms with Crippen LogP contribution in [0, 0.1) is 5.41 Å². The number of hydrogen-bond donors (Lipinski definition) is 1. The molecule has 0 aliphatic carbocycles. The lowest BCUT2D eigenvalue weighted by Crippen LogP contribution is -2.36. The van der Waals surface area contributed by atoms with Crippen LogP contribution in [0.2, 0.25) is 0 Å². The van der Waals surface area contributed by atoms with Crippen molar-refractivity contribution < 1.29 is 4.74 Å². The van der Waals surface area contributed by atoms with Gasteiger partial charge in [0.25, 0.3) is 0 Å². The fourth-order valence-corrected chi connectivity index (χ4v) is 1.41. The number of methoxy groups -OCH3 is 1. The molecule has 0 radical (unpaired) electrons. The Bertz CT molecular complexity index is 315.